The fourth-order valence-corrected chi connectivity index (χ4v) is 12.2. The molecule has 4 heterocycles. The van der Waals surface area contributed by atoms with Crippen molar-refractivity contribution in [3.05, 3.63) is 166 Å². The molecule has 4 aliphatic rings. The van der Waals surface area contributed by atoms with Crippen molar-refractivity contribution >= 4 is 34.6 Å². The average Bonchev–Trinajstić information content (AvgIpc) is 3.76. The van der Waals surface area contributed by atoms with Crippen molar-refractivity contribution in [3.63, 3.8) is 0 Å². The molecule has 6 aromatic carbocycles. The molecule has 2 amide bonds. The number of aliphatic hydroxyl groups excluding tert-OH is 1. The summed E-state index contributed by atoms with van der Waals surface area (Å²) in [5.41, 5.74) is 7.80. The lowest BCUT2D eigenvalue weighted by Crippen LogP contribution is -2.54. The third-order valence-electron chi connectivity index (χ3n) is 15.6. The average molecular weight is 939 g/mol. The van der Waals surface area contributed by atoms with Gasteiger partial charge < -0.3 is 44.0 Å². The minimum atomic E-state index is -1.20. The van der Waals surface area contributed by atoms with Crippen molar-refractivity contribution in [1.29, 1.82) is 0 Å². The van der Waals surface area contributed by atoms with Gasteiger partial charge >= 0.3 is 0 Å². The van der Waals surface area contributed by atoms with E-state index in [1.807, 2.05) is 58.3 Å². The van der Waals surface area contributed by atoms with Crippen LogP contribution in [0.4, 0.5) is 22.7 Å². The third kappa shape index (κ3) is 6.86. The van der Waals surface area contributed by atoms with Crippen LogP contribution in [0.15, 0.2) is 121 Å². The summed E-state index contributed by atoms with van der Waals surface area (Å²) in [4.78, 5) is 43.6. The van der Waals surface area contributed by atoms with Crippen LogP contribution in [0.3, 0.4) is 0 Å². The Kier molecular flexibility index (Phi) is 12.3. The zero-order valence-corrected chi connectivity index (χ0v) is 42.0. The molecule has 0 radical (unpaired) electrons. The SMILES string of the molecule is CCN(CC)c1ccc2c(c1)Oc1cc(N(CC)CC)ccc1C21c2ccccc2C(=O)N1CC(O)CN1C(=O)c2ccccc2C12c1ccc(N(CC)CC)cc1Oc1cc(N(CC)CC)ccc12. The molecule has 362 valence electrons. The molecule has 4 aliphatic heterocycles. The molecular formula is C59H66N6O5. The van der Waals surface area contributed by atoms with E-state index in [1.165, 1.54) is 0 Å². The largest absolute Gasteiger partial charge is 0.456 e. The Morgan fingerprint density at radius 2 is 0.686 bits per heavy atom. The summed E-state index contributed by atoms with van der Waals surface area (Å²) >= 11 is 0. The second-order valence-electron chi connectivity index (χ2n) is 18.6. The minimum absolute atomic E-state index is 0.0871. The summed E-state index contributed by atoms with van der Waals surface area (Å²) in [7, 11) is 0. The van der Waals surface area contributed by atoms with Gasteiger partial charge in [0.15, 0.2) is 0 Å². The quantitative estimate of drug-likeness (QED) is 0.102. The number of amides is 2. The highest BCUT2D eigenvalue weighted by atomic mass is 16.5. The second-order valence-corrected chi connectivity index (χ2v) is 18.6. The summed E-state index contributed by atoms with van der Waals surface area (Å²) < 4.78 is 14.0. The Bertz CT molecular complexity index is 2650. The summed E-state index contributed by atoms with van der Waals surface area (Å²) in [6.45, 7) is 23.5. The molecule has 0 unspecified atom stereocenters. The van der Waals surface area contributed by atoms with Gasteiger partial charge in [0.05, 0.1) is 19.2 Å². The number of aliphatic hydroxyl groups is 1. The smallest absolute Gasteiger partial charge is 0.255 e. The first-order valence-corrected chi connectivity index (χ1v) is 25.5. The van der Waals surface area contributed by atoms with Gasteiger partial charge in [-0.15, -0.1) is 0 Å². The Balaban J connectivity index is 1.14. The van der Waals surface area contributed by atoms with E-state index < -0.39 is 17.2 Å². The fraction of sp³-hybridized carbons (Fsp3) is 0.356. The zero-order valence-electron chi connectivity index (χ0n) is 42.0. The Morgan fingerprint density at radius 1 is 0.414 bits per heavy atom. The number of fused-ring (bicyclic) bond motifs is 12. The number of nitrogens with zero attached hydrogens (tertiary/aromatic N) is 6. The van der Waals surface area contributed by atoms with E-state index in [-0.39, 0.29) is 24.9 Å². The van der Waals surface area contributed by atoms with Gasteiger partial charge in [-0.05, 0) is 103 Å². The number of anilines is 4. The van der Waals surface area contributed by atoms with Crippen LogP contribution < -0.4 is 29.1 Å². The lowest BCUT2D eigenvalue weighted by Gasteiger charge is -2.47. The number of β-amino-alcohol motifs (C(OH)–C–C–N with tert-alkyl or cyclic N) is 1. The highest BCUT2D eigenvalue weighted by molar-refractivity contribution is 6.03. The molecule has 0 atom stereocenters. The van der Waals surface area contributed by atoms with E-state index in [2.05, 4.69) is 148 Å². The maximum atomic E-state index is 15.4. The molecule has 1 N–H and O–H groups in total. The first-order valence-electron chi connectivity index (χ1n) is 25.5. The van der Waals surface area contributed by atoms with Crippen LogP contribution in [0.25, 0.3) is 0 Å². The minimum Gasteiger partial charge on any atom is -0.456 e. The van der Waals surface area contributed by atoms with Crippen LogP contribution in [-0.2, 0) is 11.1 Å². The Labute approximate surface area is 413 Å². The molecule has 0 saturated carbocycles. The predicted molar refractivity (Wildman–Crippen MR) is 281 cm³/mol. The van der Waals surface area contributed by atoms with Crippen LogP contribution >= 0.6 is 0 Å². The molecule has 0 aromatic heterocycles. The van der Waals surface area contributed by atoms with Crippen molar-refractivity contribution < 1.29 is 24.2 Å². The zero-order chi connectivity index (χ0) is 49.1. The number of hydrogen-bond donors (Lipinski definition) is 1. The van der Waals surface area contributed by atoms with Crippen LogP contribution in [0.2, 0.25) is 0 Å². The van der Waals surface area contributed by atoms with Crippen LogP contribution in [0, 0.1) is 0 Å². The normalized spacial score (nSPS) is 15.2. The lowest BCUT2D eigenvalue weighted by molar-refractivity contribution is 0.0258. The summed E-state index contributed by atoms with van der Waals surface area (Å²) in [5, 5.41) is 13.0. The fourth-order valence-electron chi connectivity index (χ4n) is 12.2. The molecule has 0 fully saturated rings. The third-order valence-corrected chi connectivity index (χ3v) is 15.6. The first-order chi connectivity index (χ1) is 34.1. The van der Waals surface area contributed by atoms with Crippen LogP contribution in [0.5, 0.6) is 23.0 Å². The monoisotopic (exact) mass is 939 g/mol. The van der Waals surface area contributed by atoms with Crippen molar-refractivity contribution in [2.24, 2.45) is 0 Å². The summed E-state index contributed by atoms with van der Waals surface area (Å²) in [6.07, 6.45) is -1.20. The molecular weight excluding hydrogens is 873 g/mol. The maximum Gasteiger partial charge on any atom is 0.255 e. The molecule has 0 aliphatic carbocycles. The van der Waals surface area contributed by atoms with E-state index in [1.54, 1.807) is 0 Å². The second kappa shape index (κ2) is 18.4. The first kappa shape index (κ1) is 46.7. The van der Waals surface area contributed by atoms with Gasteiger partial charge in [0.25, 0.3) is 11.8 Å². The molecule has 11 heteroatoms. The lowest BCUT2D eigenvalue weighted by atomic mass is 9.74. The van der Waals surface area contributed by atoms with E-state index in [0.717, 1.165) is 108 Å². The molecule has 10 rings (SSSR count). The van der Waals surface area contributed by atoms with Gasteiger partial charge in [0, 0.05) is 133 Å². The maximum absolute atomic E-state index is 15.4. The summed E-state index contributed by atoms with van der Waals surface area (Å²) in [5.74, 6) is 2.23. The number of carbonyl (C=O) groups excluding carboxylic acids is 2. The van der Waals surface area contributed by atoms with Gasteiger partial charge in [-0.1, -0.05) is 60.7 Å². The molecule has 70 heavy (non-hydrogen) atoms. The van der Waals surface area contributed by atoms with Gasteiger partial charge in [-0.25, -0.2) is 0 Å². The molecule has 2 spiro atoms. The van der Waals surface area contributed by atoms with E-state index in [0.29, 0.717) is 34.1 Å². The van der Waals surface area contributed by atoms with Crippen molar-refractivity contribution in [1.82, 2.24) is 9.80 Å². The Morgan fingerprint density at radius 3 is 0.957 bits per heavy atom. The highest BCUT2D eigenvalue weighted by Crippen LogP contribution is 2.60. The van der Waals surface area contributed by atoms with E-state index in [9.17, 15) is 5.11 Å². The number of benzene rings is 6. The number of ether oxygens (including phenoxy) is 2. The Hall–Kier alpha value is -6.98. The molecule has 0 saturated heterocycles. The topological polar surface area (TPSA) is 92.3 Å². The van der Waals surface area contributed by atoms with Crippen LogP contribution in [-0.4, -0.2) is 98.3 Å². The van der Waals surface area contributed by atoms with Gasteiger partial charge in [-0.3, -0.25) is 9.59 Å². The molecule has 11 nitrogen and oxygen atoms in total. The highest BCUT2D eigenvalue weighted by Gasteiger charge is 2.59. The number of hydrogen-bond acceptors (Lipinski definition) is 9. The van der Waals surface area contributed by atoms with Gasteiger partial charge in [-0.2, -0.15) is 0 Å². The van der Waals surface area contributed by atoms with Crippen molar-refractivity contribution in [2.75, 3.05) is 85.0 Å². The standard InChI is InChI=1S/C59H66N6O5/c1-9-60(10-2)39-25-29-48-52(33-39)69-53-34-40(61(11-3)12-4)26-30-49(53)58(48)46-23-19-17-21-44(46)56(67)64(58)37-43(66)38-65-57(68)45-22-18-20-24-47(45)59(65)50-31-27-41(62(13-5)14-6)35-54(50)70-55-36-42(28-32-51(55)59)63(15-7)16-8/h17-36,43,66H,9-16,37-38H2,1-8H3. The number of carbonyl (C=O) groups is 2. The number of rotatable bonds is 16. The predicted octanol–water partition coefficient (Wildman–Crippen LogP) is 10.8. The molecule has 6 aromatic rings. The summed E-state index contributed by atoms with van der Waals surface area (Å²) in [6, 6.07) is 40.9. The van der Waals surface area contributed by atoms with Crippen molar-refractivity contribution in [3.8, 4) is 23.0 Å². The van der Waals surface area contributed by atoms with Gasteiger partial charge in [0.1, 0.15) is 34.1 Å². The van der Waals surface area contributed by atoms with Gasteiger partial charge in [0.2, 0.25) is 0 Å². The van der Waals surface area contributed by atoms with Crippen LogP contribution in [0.1, 0.15) is 109 Å². The molecule has 0 bridgehead atoms. The van der Waals surface area contributed by atoms with Crippen molar-refractivity contribution in [2.45, 2.75) is 72.6 Å². The van der Waals surface area contributed by atoms with E-state index >= 15 is 9.59 Å². The van der Waals surface area contributed by atoms with E-state index in [4.69, 9.17) is 9.47 Å².